The maximum Gasteiger partial charge on any atom is 0.0991 e. The van der Waals surface area contributed by atoms with E-state index in [1.807, 2.05) is 24.3 Å². The van der Waals surface area contributed by atoms with Gasteiger partial charge in [-0.3, -0.25) is 0 Å². The molecule has 17 heavy (non-hydrogen) atoms. The average Bonchev–Trinajstić information content (AvgIpc) is 2.77. The van der Waals surface area contributed by atoms with Crippen LogP contribution in [0.25, 0.3) is 0 Å². The lowest BCUT2D eigenvalue weighted by Crippen LogP contribution is -2.32. The van der Waals surface area contributed by atoms with Gasteiger partial charge >= 0.3 is 0 Å². The highest BCUT2D eigenvalue weighted by atomic mass is 32.2. The van der Waals surface area contributed by atoms with E-state index in [4.69, 9.17) is 5.26 Å². The Bertz CT molecular complexity index is 399. The second-order valence-corrected chi connectivity index (χ2v) is 6.50. The van der Waals surface area contributed by atoms with Crippen LogP contribution >= 0.6 is 11.8 Å². The van der Waals surface area contributed by atoms with Gasteiger partial charge in [0.05, 0.1) is 11.6 Å². The molecule has 0 spiro atoms. The number of hydrogen-bond donors (Lipinski definition) is 1. The zero-order valence-corrected chi connectivity index (χ0v) is 11.0. The van der Waals surface area contributed by atoms with Crippen LogP contribution in [0, 0.1) is 11.3 Å². The van der Waals surface area contributed by atoms with Crippen molar-refractivity contribution in [3.05, 3.63) is 35.4 Å². The molecule has 1 aliphatic rings. The molecule has 3 heteroatoms. The quantitative estimate of drug-likeness (QED) is 0.887. The van der Waals surface area contributed by atoms with Crippen LogP contribution in [-0.4, -0.2) is 17.0 Å². The van der Waals surface area contributed by atoms with Gasteiger partial charge in [0.1, 0.15) is 0 Å². The molecule has 1 aromatic rings. The van der Waals surface area contributed by atoms with Crippen LogP contribution in [0.1, 0.15) is 30.9 Å². The van der Waals surface area contributed by atoms with E-state index in [1.54, 1.807) is 0 Å². The van der Waals surface area contributed by atoms with Gasteiger partial charge in [0.2, 0.25) is 0 Å². The molecule has 90 valence electrons. The third-order valence-corrected chi connectivity index (χ3v) is 4.75. The zero-order chi connectivity index (χ0) is 12.1. The first-order valence-corrected chi connectivity index (χ1v) is 7.04. The van der Waals surface area contributed by atoms with Crippen LogP contribution in [0.15, 0.2) is 24.3 Å². The van der Waals surface area contributed by atoms with Crippen LogP contribution in [-0.2, 0) is 6.54 Å². The minimum atomic E-state index is 0.423. The summed E-state index contributed by atoms with van der Waals surface area (Å²) in [6.45, 7) is 4.30. The smallest absolute Gasteiger partial charge is 0.0991 e. The van der Waals surface area contributed by atoms with Gasteiger partial charge in [0.15, 0.2) is 0 Å². The summed E-state index contributed by atoms with van der Waals surface area (Å²) in [4.78, 5) is 0. The summed E-state index contributed by atoms with van der Waals surface area (Å²) in [6.07, 6.45) is 2.66. The summed E-state index contributed by atoms with van der Waals surface area (Å²) in [7, 11) is 0. The summed E-state index contributed by atoms with van der Waals surface area (Å²) in [6, 6.07) is 9.94. The van der Waals surface area contributed by atoms with Crippen LogP contribution in [0.5, 0.6) is 0 Å². The van der Waals surface area contributed by atoms with Crippen molar-refractivity contribution in [2.24, 2.45) is 0 Å². The Morgan fingerprint density at radius 2 is 2.18 bits per heavy atom. The summed E-state index contributed by atoms with van der Waals surface area (Å²) in [5.74, 6) is 1.30. The minimum Gasteiger partial charge on any atom is -0.311 e. The third kappa shape index (κ3) is 3.49. The Morgan fingerprint density at radius 1 is 1.41 bits per heavy atom. The van der Waals surface area contributed by atoms with E-state index in [2.05, 4.69) is 30.1 Å². The van der Waals surface area contributed by atoms with Crippen LogP contribution in [0.3, 0.4) is 0 Å². The van der Waals surface area contributed by atoms with Gasteiger partial charge in [0.25, 0.3) is 0 Å². The second kappa shape index (κ2) is 5.57. The van der Waals surface area contributed by atoms with Gasteiger partial charge in [-0.05, 0) is 43.2 Å². The predicted molar refractivity (Wildman–Crippen MR) is 73.0 cm³/mol. The van der Waals surface area contributed by atoms with Crippen LogP contribution in [0.2, 0.25) is 0 Å². The first-order valence-electron chi connectivity index (χ1n) is 6.06. The van der Waals surface area contributed by atoms with Gasteiger partial charge in [-0.25, -0.2) is 0 Å². The number of thioether (sulfide) groups is 1. The molecule has 0 amide bonds. The number of nitrogens with zero attached hydrogens (tertiary/aromatic N) is 1. The summed E-state index contributed by atoms with van der Waals surface area (Å²) in [5, 5.41) is 12.2. The molecule has 1 N–H and O–H groups in total. The van der Waals surface area contributed by atoms with Gasteiger partial charge in [-0.2, -0.15) is 17.0 Å². The van der Waals surface area contributed by atoms with E-state index < -0.39 is 0 Å². The van der Waals surface area contributed by atoms with E-state index in [9.17, 15) is 0 Å². The molecule has 1 atom stereocenters. The van der Waals surface area contributed by atoms with Gasteiger partial charge in [-0.1, -0.05) is 12.1 Å². The zero-order valence-electron chi connectivity index (χ0n) is 10.2. The highest BCUT2D eigenvalue weighted by Crippen LogP contribution is 2.36. The maximum atomic E-state index is 8.71. The maximum absolute atomic E-state index is 8.71. The van der Waals surface area contributed by atoms with Crippen molar-refractivity contribution in [1.29, 1.82) is 5.26 Å². The fraction of sp³-hybridized carbons (Fsp3) is 0.500. The number of nitriles is 1. The van der Waals surface area contributed by atoms with E-state index >= 15 is 0 Å². The minimum absolute atomic E-state index is 0.423. The molecular weight excluding hydrogens is 228 g/mol. The molecule has 0 bridgehead atoms. The molecule has 1 saturated heterocycles. The van der Waals surface area contributed by atoms with Crippen molar-refractivity contribution in [1.82, 2.24) is 5.32 Å². The standard InChI is InChI=1S/C14H18N2S/c1-14(7-2-8-17-14)11-16-10-13-5-3-12(9-15)4-6-13/h3-6,16H,2,7-8,10-11H2,1H3. The lowest BCUT2D eigenvalue weighted by molar-refractivity contribution is 0.537. The molecule has 2 rings (SSSR count). The first kappa shape index (κ1) is 12.5. The van der Waals surface area contributed by atoms with Crippen LogP contribution in [0.4, 0.5) is 0 Å². The molecule has 0 radical (unpaired) electrons. The summed E-state index contributed by atoms with van der Waals surface area (Å²) >= 11 is 2.08. The molecular formula is C14H18N2S. The van der Waals surface area contributed by atoms with E-state index in [1.165, 1.54) is 24.2 Å². The molecule has 0 saturated carbocycles. The SMILES string of the molecule is CC1(CNCc2ccc(C#N)cc2)CCCS1. The topological polar surface area (TPSA) is 35.8 Å². The molecule has 1 fully saturated rings. The number of nitrogens with one attached hydrogen (secondary N) is 1. The van der Waals surface area contributed by atoms with E-state index in [0.29, 0.717) is 4.75 Å². The van der Waals surface area contributed by atoms with Crippen molar-refractivity contribution in [3.8, 4) is 6.07 Å². The highest BCUT2D eigenvalue weighted by Gasteiger charge is 2.28. The lowest BCUT2D eigenvalue weighted by Gasteiger charge is -2.23. The third-order valence-electron chi connectivity index (χ3n) is 3.21. The molecule has 0 aliphatic carbocycles. The molecule has 1 heterocycles. The Hall–Kier alpha value is -0.980. The molecule has 1 unspecified atom stereocenters. The van der Waals surface area contributed by atoms with Crippen molar-refractivity contribution in [2.75, 3.05) is 12.3 Å². The lowest BCUT2D eigenvalue weighted by atomic mass is 10.1. The average molecular weight is 246 g/mol. The van der Waals surface area contributed by atoms with Crippen LogP contribution < -0.4 is 5.32 Å². The predicted octanol–water partition coefficient (Wildman–Crippen LogP) is 2.93. The Morgan fingerprint density at radius 3 is 2.76 bits per heavy atom. The van der Waals surface area contributed by atoms with Crippen molar-refractivity contribution in [2.45, 2.75) is 31.1 Å². The van der Waals surface area contributed by atoms with E-state index in [-0.39, 0.29) is 0 Å². The van der Waals surface area contributed by atoms with Crippen molar-refractivity contribution >= 4 is 11.8 Å². The van der Waals surface area contributed by atoms with Crippen molar-refractivity contribution in [3.63, 3.8) is 0 Å². The fourth-order valence-electron chi connectivity index (χ4n) is 2.14. The van der Waals surface area contributed by atoms with Gasteiger partial charge < -0.3 is 5.32 Å². The molecule has 0 aromatic heterocycles. The van der Waals surface area contributed by atoms with E-state index in [0.717, 1.165) is 18.7 Å². The highest BCUT2D eigenvalue weighted by molar-refractivity contribution is 8.00. The normalized spacial score (nSPS) is 23.5. The van der Waals surface area contributed by atoms with Gasteiger partial charge in [-0.15, -0.1) is 0 Å². The second-order valence-electron chi connectivity index (χ2n) is 4.81. The molecule has 2 nitrogen and oxygen atoms in total. The number of rotatable bonds is 4. The first-order chi connectivity index (χ1) is 8.22. The van der Waals surface area contributed by atoms with Gasteiger partial charge in [0, 0.05) is 17.8 Å². The largest absolute Gasteiger partial charge is 0.311 e. The molecule has 1 aliphatic heterocycles. The monoisotopic (exact) mass is 246 g/mol. The summed E-state index contributed by atoms with van der Waals surface area (Å²) < 4.78 is 0.423. The Balaban J connectivity index is 1.80. The Kier molecular flexibility index (Phi) is 4.09. The number of hydrogen-bond acceptors (Lipinski definition) is 3. The fourth-order valence-corrected chi connectivity index (χ4v) is 3.42. The Labute approximate surface area is 107 Å². The number of benzene rings is 1. The van der Waals surface area contributed by atoms with Crippen molar-refractivity contribution < 1.29 is 0 Å². The molecule has 1 aromatic carbocycles. The summed E-state index contributed by atoms with van der Waals surface area (Å²) in [5.41, 5.74) is 1.97.